The monoisotopic (exact) mass is 250 g/mol. The van der Waals surface area contributed by atoms with Crippen LogP contribution in [-0.4, -0.2) is 10.5 Å². The van der Waals surface area contributed by atoms with Crippen LogP contribution in [0.3, 0.4) is 0 Å². The first-order valence-electron chi connectivity index (χ1n) is 6.12. The molecule has 2 rings (SSSR count). The molecular weight excluding hydrogens is 232 g/mol. The van der Waals surface area contributed by atoms with Crippen LogP contribution in [0.15, 0.2) is 29.1 Å². The van der Waals surface area contributed by atoms with E-state index < -0.39 is 0 Å². The Kier molecular flexibility index (Phi) is 4.34. The molecule has 0 saturated heterocycles. The zero-order valence-electron chi connectivity index (χ0n) is 9.89. The van der Waals surface area contributed by atoms with Gasteiger partial charge in [-0.3, -0.25) is 8.75 Å². The summed E-state index contributed by atoms with van der Waals surface area (Å²) in [6.07, 6.45) is 4.46. The lowest BCUT2D eigenvalue weighted by Crippen LogP contribution is -2.12. The summed E-state index contributed by atoms with van der Waals surface area (Å²) in [4.78, 5) is 12.0. The molecule has 1 aromatic carbocycles. The Bertz CT molecular complexity index is 529. The zero-order valence-corrected chi connectivity index (χ0v) is 10.7. The summed E-state index contributed by atoms with van der Waals surface area (Å²) in [7, 11) is 0. The molecule has 92 valence electrons. The van der Waals surface area contributed by atoms with Crippen LogP contribution in [0.2, 0.25) is 0 Å². The second kappa shape index (κ2) is 5.98. The van der Waals surface area contributed by atoms with Crippen molar-refractivity contribution < 1.29 is 0 Å². The third-order valence-corrected chi connectivity index (χ3v) is 3.99. The van der Waals surface area contributed by atoms with Crippen LogP contribution in [0.25, 0.3) is 10.1 Å². The summed E-state index contributed by atoms with van der Waals surface area (Å²) in [5.41, 5.74) is 5.60. The number of nitrogens with zero attached hydrogens (tertiary/aromatic N) is 1. The van der Waals surface area contributed by atoms with Gasteiger partial charge in [0.25, 0.3) is 5.56 Å². The Morgan fingerprint density at radius 3 is 2.65 bits per heavy atom. The average Bonchev–Trinajstić information content (AvgIpc) is 2.67. The normalized spacial score (nSPS) is 11.1. The number of fused-ring (bicyclic) bond motifs is 1. The van der Waals surface area contributed by atoms with Gasteiger partial charge in [-0.2, -0.15) is 0 Å². The molecule has 0 amide bonds. The Morgan fingerprint density at radius 2 is 1.88 bits per heavy atom. The van der Waals surface area contributed by atoms with Gasteiger partial charge < -0.3 is 5.73 Å². The molecule has 2 N–H and O–H groups in total. The summed E-state index contributed by atoms with van der Waals surface area (Å²) in [6, 6.07) is 7.80. The van der Waals surface area contributed by atoms with Gasteiger partial charge in [0.2, 0.25) is 0 Å². The van der Waals surface area contributed by atoms with Crippen molar-refractivity contribution in [1.29, 1.82) is 0 Å². The summed E-state index contributed by atoms with van der Waals surface area (Å²) < 4.78 is 2.95. The van der Waals surface area contributed by atoms with Gasteiger partial charge in [0, 0.05) is 6.54 Å². The van der Waals surface area contributed by atoms with Crippen molar-refractivity contribution in [2.45, 2.75) is 32.2 Å². The second-order valence-corrected chi connectivity index (χ2v) is 5.26. The first-order chi connectivity index (χ1) is 8.33. The average molecular weight is 250 g/mol. The molecule has 4 heteroatoms. The second-order valence-electron chi connectivity index (χ2n) is 4.20. The summed E-state index contributed by atoms with van der Waals surface area (Å²) in [5, 5.41) is 0.847. The highest BCUT2D eigenvalue weighted by Gasteiger charge is 2.05. The highest BCUT2D eigenvalue weighted by molar-refractivity contribution is 7.13. The molecule has 0 bridgehead atoms. The number of hydrogen-bond donors (Lipinski definition) is 1. The standard InChI is InChI=1S/C13H18N2OS/c14-9-5-1-2-6-10-15-13(16)11-7-3-4-8-12(11)17-15/h3-4,7-8H,1-2,5-6,9-10,14H2. The van der Waals surface area contributed by atoms with Gasteiger partial charge >= 0.3 is 0 Å². The fourth-order valence-electron chi connectivity index (χ4n) is 1.92. The molecule has 17 heavy (non-hydrogen) atoms. The zero-order chi connectivity index (χ0) is 12.1. The molecule has 0 radical (unpaired) electrons. The van der Waals surface area contributed by atoms with E-state index in [9.17, 15) is 4.79 Å². The van der Waals surface area contributed by atoms with Crippen LogP contribution in [0.5, 0.6) is 0 Å². The first kappa shape index (κ1) is 12.3. The van der Waals surface area contributed by atoms with E-state index in [4.69, 9.17) is 5.73 Å². The maximum atomic E-state index is 12.0. The number of rotatable bonds is 6. The van der Waals surface area contributed by atoms with Gasteiger partial charge in [-0.1, -0.05) is 36.5 Å². The predicted octanol–water partition coefficient (Wildman–Crippen LogP) is 2.58. The van der Waals surface area contributed by atoms with Crippen LogP contribution in [0.1, 0.15) is 25.7 Å². The van der Waals surface area contributed by atoms with Crippen molar-refractivity contribution in [2.24, 2.45) is 5.73 Å². The lowest BCUT2D eigenvalue weighted by atomic mass is 10.2. The van der Waals surface area contributed by atoms with Gasteiger partial charge in [0.1, 0.15) is 0 Å². The van der Waals surface area contributed by atoms with E-state index >= 15 is 0 Å². The first-order valence-corrected chi connectivity index (χ1v) is 6.89. The minimum atomic E-state index is 0.157. The smallest absolute Gasteiger partial charge is 0.268 e. The highest BCUT2D eigenvalue weighted by Crippen LogP contribution is 2.16. The molecule has 0 saturated carbocycles. The molecule has 0 atom stereocenters. The molecule has 2 aromatic rings. The Labute approximate surface area is 105 Å². The van der Waals surface area contributed by atoms with Crippen LogP contribution >= 0.6 is 11.5 Å². The van der Waals surface area contributed by atoms with E-state index in [0.717, 1.165) is 48.9 Å². The van der Waals surface area contributed by atoms with Gasteiger partial charge in [-0.05, 0) is 31.5 Å². The van der Waals surface area contributed by atoms with Crippen LogP contribution in [0, 0.1) is 0 Å². The van der Waals surface area contributed by atoms with Crippen molar-refractivity contribution in [3.63, 3.8) is 0 Å². The maximum absolute atomic E-state index is 12.0. The summed E-state index contributed by atoms with van der Waals surface area (Å²) in [6.45, 7) is 1.60. The van der Waals surface area contributed by atoms with Crippen LogP contribution in [0.4, 0.5) is 0 Å². The van der Waals surface area contributed by atoms with E-state index in [1.807, 2.05) is 28.2 Å². The van der Waals surface area contributed by atoms with E-state index in [-0.39, 0.29) is 5.56 Å². The van der Waals surface area contributed by atoms with E-state index in [1.165, 1.54) is 0 Å². The van der Waals surface area contributed by atoms with Gasteiger partial charge in [-0.25, -0.2) is 0 Å². The van der Waals surface area contributed by atoms with Gasteiger partial charge in [-0.15, -0.1) is 0 Å². The van der Waals surface area contributed by atoms with E-state index in [2.05, 4.69) is 0 Å². The highest BCUT2D eigenvalue weighted by atomic mass is 32.1. The van der Waals surface area contributed by atoms with Crippen molar-refractivity contribution in [2.75, 3.05) is 6.54 Å². The minimum absolute atomic E-state index is 0.157. The molecule has 1 heterocycles. The number of nitrogens with two attached hydrogens (primary N) is 1. The summed E-state index contributed by atoms with van der Waals surface area (Å²) in [5.74, 6) is 0. The minimum Gasteiger partial charge on any atom is -0.330 e. The van der Waals surface area contributed by atoms with Crippen molar-refractivity contribution in [1.82, 2.24) is 3.96 Å². The van der Waals surface area contributed by atoms with Crippen molar-refractivity contribution in [3.8, 4) is 0 Å². The Hall–Kier alpha value is -1.13. The molecule has 0 aliphatic heterocycles. The molecule has 0 fully saturated rings. The SMILES string of the molecule is NCCCCCCn1sc2ccccc2c1=O. The molecule has 1 aromatic heterocycles. The predicted molar refractivity (Wildman–Crippen MR) is 73.6 cm³/mol. The molecule has 3 nitrogen and oxygen atoms in total. The third kappa shape index (κ3) is 2.96. The lowest BCUT2D eigenvalue weighted by Gasteiger charge is -2.00. The molecular formula is C13H18N2OS. The Balaban J connectivity index is 1.99. The maximum Gasteiger partial charge on any atom is 0.268 e. The third-order valence-electron chi connectivity index (χ3n) is 2.87. The topological polar surface area (TPSA) is 48.0 Å². The van der Waals surface area contributed by atoms with Gasteiger partial charge in [0.15, 0.2) is 0 Å². The lowest BCUT2D eigenvalue weighted by molar-refractivity contribution is 0.590. The molecule has 0 spiro atoms. The number of hydrogen-bond acceptors (Lipinski definition) is 3. The fraction of sp³-hybridized carbons (Fsp3) is 0.462. The van der Waals surface area contributed by atoms with Crippen LogP contribution < -0.4 is 11.3 Å². The summed E-state index contributed by atoms with van der Waals surface area (Å²) >= 11 is 1.57. The Morgan fingerprint density at radius 1 is 1.12 bits per heavy atom. The molecule has 0 aliphatic rings. The fourth-order valence-corrected chi connectivity index (χ4v) is 2.95. The van der Waals surface area contributed by atoms with Crippen LogP contribution in [-0.2, 0) is 6.54 Å². The number of aryl methyl sites for hydroxylation is 1. The quantitative estimate of drug-likeness (QED) is 0.801. The molecule has 0 aliphatic carbocycles. The van der Waals surface area contributed by atoms with Crippen molar-refractivity contribution >= 4 is 21.6 Å². The molecule has 0 unspecified atom stereocenters. The van der Waals surface area contributed by atoms with Crippen molar-refractivity contribution in [3.05, 3.63) is 34.6 Å². The largest absolute Gasteiger partial charge is 0.330 e. The van der Waals surface area contributed by atoms with E-state index in [0.29, 0.717) is 0 Å². The van der Waals surface area contributed by atoms with Gasteiger partial charge in [0.05, 0.1) is 10.1 Å². The number of aromatic nitrogens is 1. The number of benzene rings is 1. The number of unbranched alkanes of at least 4 members (excludes halogenated alkanes) is 3. The van der Waals surface area contributed by atoms with E-state index in [1.54, 1.807) is 11.5 Å².